The van der Waals surface area contributed by atoms with Crippen LogP contribution in [0.15, 0.2) is 39.9 Å². The molecule has 0 saturated heterocycles. The molecule has 2 aromatic rings. The molecule has 0 bridgehead atoms. The van der Waals surface area contributed by atoms with Crippen LogP contribution in [-0.2, 0) is 13.1 Å². The van der Waals surface area contributed by atoms with Crippen LogP contribution in [0.5, 0.6) is 0 Å². The van der Waals surface area contributed by atoms with E-state index in [0.29, 0.717) is 4.32 Å². The molecule has 0 spiro atoms. The molecule has 1 aromatic carbocycles. The molecule has 0 aliphatic heterocycles. The smallest absolute Gasteiger partial charge is 0.332 e. The third kappa shape index (κ3) is 5.16. The van der Waals surface area contributed by atoms with Gasteiger partial charge in [0, 0.05) is 19.6 Å². The van der Waals surface area contributed by atoms with Gasteiger partial charge < -0.3 is 10.6 Å². The zero-order chi connectivity index (χ0) is 21.6. The van der Waals surface area contributed by atoms with Crippen molar-refractivity contribution < 1.29 is 4.79 Å². The van der Waals surface area contributed by atoms with Crippen LogP contribution in [0.3, 0.4) is 0 Å². The van der Waals surface area contributed by atoms with E-state index >= 15 is 0 Å². The van der Waals surface area contributed by atoms with E-state index in [0.717, 1.165) is 23.2 Å². The van der Waals surface area contributed by atoms with Gasteiger partial charge in [0.2, 0.25) is 0 Å². The predicted octanol–water partition coefficient (Wildman–Crippen LogP) is 2.20. The first-order chi connectivity index (χ1) is 13.8. The quantitative estimate of drug-likeness (QED) is 0.503. The van der Waals surface area contributed by atoms with E-state index in [9.17, 15) is 14.4 Å². The molecule has 156 valence electrons. The molecule has 0 saturated carbocycles. The molecule has 0 amide bonds. The molecule has 0 radical (unpaired) electrons. The largest absolute Gasteiger partial charge is 0.384 e. The maximum absolute atomic E-state index is 12.9. The monoisotopic (exact) mass is 434 g/mol. The number of hydrogen-bond donors (Lipinski definition) is 1. The zero-order valence-corrected chi connectivity index (χ0v) is 18.5. The number of Topliss-reactive ketones (excluding diaryl/α,β-unsaturated/α-hetero) is 1. The summed E-state index contributed by atoms with van der Waals surface area (Å²) in [5, 5.41) is 0. The summed E-state index contributed by atoms with van der Waals surface area (Å²) >= 11 is 6.55. The van der Waals surface area contributed by atoms with Crippen molar-refractivity contribution in [2.24, 2.45) is 0 Å². The molecule has 0 unspecified atom stereocenters. The first-order valence-electron chi connectivity index (χ1n) is 9.47. The van der Waals surface area contributed by atoms with Gasteiger partial charge in [0.1, 0.15) is 15.7 Å². The second-order valence-electron chi connectivity index (χ2n) is 6.31. The number of nitrogens with two attached hydrogens (primary N) is 1. The lowest BCUT2D eigenvalue weighted by Crippen LogP contribution is -2.44. The van der Waals surface area contributed by atoms with Gasteiger partial charge in [-0.15, -0.1) is 0 Å². The second kappa shape index (κ2) is 10.4. The van der Waals surface area contributed by atoms with Gasteiger partial charge in [-0.3, -0.25) is 18.7 Å². The Hall–Kier alpha value is -2.39. The lowest BCUT2D eigenvalue weighted by atomic mass is 10.2. The van der Waals surface area contributed by atoms with Crippen LogP contribution in [0.25, 0.3) is 0 Å². The summed E-state index contributed by atoms with van der Waals surface area (Å²) in [5.74, 6) is -0.550. The standard InChI is InChI=1S/C20H26N4O3S2/c1-4-22(5-2)20(28)29-13-15(25)16-17(21)24(12-14-10-8-7-9-11-14)19(27)23(6-3)18(16)26/h7-11H,4-6,12-13,21H2,1-3H3. The SMILES string of the molecule is CCN(CC)C(=S)SCC(=O)c1c(N)n(Cc2ccccc2)c(=O)n(CC)c1=O. The number of aromatic nitrogens is 2. The van der Waals surface area contributed by atoms with Crippen molar-refractivity contribution in [2.75, 3.05) is 24.6 Å². The molecule has 0 fully saturated rings. The number of ketones is 1. The summed E-state index contributed by atoms with van der Waals surface area (Å²) in [4.78, 5) is 40.4. The number of nitrogen functional groups attached to an aromatic ring is 1. The minimum Gasteiger partial charge on any atom is -0.384 e. The molecule has 0 aliphatic rings. The van der Waals surface area contributed by atoms with Gasteiger partial charge in [0.05, 0.1) is 12.3 Å². The first kappa shape index (κ1) is 22.9. The van der Waals surface area contributed by atoms with Crippen LogP contribution >= 0.6 is 24.0 Å². The number of thiocarbonyl (C=S) groups is 1. The van der Waals surface area contributed by atoms with Gasteiger partial charge in [-0.25, -0.2) is 4.79 Å². The molecule has 1 aromatic heterocycles. The third-order valence-electron chi connectivity index (χ3n) is 4.59. The van der Waals surface area contributed by atoms with Crippen molar-refractivity contribution in [3.8, 4) is 0 Å². The van der Waals surface area contributed by atoms with E-state index in [4.69, 9.17) is 18.0 Å². The first-order valence-corrected chi connectivity index (χ1v) is 10.9. The minimum absolute atomic E-state index is 0.0119. The number of carbonyl (C=O) groups excluding carboxylic acids is 1. The fourth-order valence-corrected chi connectivity index (χ4v) is 4.22. The Balaban J connectivity index is 2.42. The van der Waals surface area contributed by atoms with Crippen molar-refractivity contribution in [1.82, 2.24) is 14.0 Å². The maximum Gasteiger partial charge on any atom is 0.332 e. The average Bonchev–Trinajstić information content (AvgIpc) is 2.71. The number of nitrogens with zero attached hydrogens (tertiary/aromatic N) is 3. The number of hydrogen-bond acceptors (Lipinski definition) is 6. The van der Waals surface area contributed by atoms with Crippen LogP contribution in [0.4, 0.5) is 5.82 Å². The molecule has 0 aliphatic carbocycles. The zero-order valence-electron chi connectivity index (χ0n) is 16.9. The Labute approximate surface area is 179 Å². The molecule has 2 rings (SSSR count). The van der Waals surface area contributed by atoms with Gasteiger partial charge in [-0.05, 0) is 26.3 Å². The fraction of sp³-hybridized carbons (Fsp3) is 0.400. The van der Waals surface area contributed by atoms with Gasteiger partial charge in [0.15, 0.2) is 5.78 Å². The Morgan fingerprint density at radius 3 is 2.28 bits per heavy atom. The minimum atomic E-state index is -0.654. The van der Waals surface area contributed by atoms with Crippen molar-refractivity contribution in [3.63, 3.8) is 0 Å². The highest BCUT2D eigenvalue weighted by Crippen LogP contribution is 2.15. The van der Waals surface area contributed by atoms with E-state index in [1.165, 1.54) is 16.3 Å². The second-order valence-corrected chi connectivity index (χ2v) is 7.92. The Morgan fingerprint density at radius 1 is 1.10 bits per heavy atom. The van der Waals surface area contributed by atoms with E-state index in [1.54, 1.807) is 6.92 Å². The molecular formula is C20H26N4O3S2. The molecular weight excluding hydrogens is 408 g/mol. The van der Waals surface area contributed by atoms with E-state index in [2.05, 4.69) is 0 Å². The fourth-order valence-electron chi connectivity index (χ4n) is 2.95. The lowest BCUT2D eigenvalue weighted by Gasteiger charge is -2.20. The summed E-state index contributed by atoms with van der Waals surface area (Å²) in [5.41, 5.74) is 5.66. The maximum atomic E-state index is 12.9. The summed E-state index contributed by atoms with van der Waals surface area (Å²) in [6.07, 6.45) is 0. The summed E-state index contributed by atoms with van der Waals surface area (Å²) < 4.78 is 2.91. The number of rotatable bonds is 8. The predicted molar refractivity (Wildman–Crippen MR) is 123 cm³/mol. The summed E-state index contributed by atoms with van der Waals surface area (Å²) in [6, 6.07) is 9.28. The number of carbonyl (C=O) groups is 1. The van der Waals surface area contributed by atoms with Crippen LogP contribution in [-0.4, -0.2) is 43.0 Å². The number of anilines is 1. The Kier molecular flexibility index (Phi) is 8.21. The van der Waals surface area contributed by atoms with Crippen molar-refractivity contribution in [3.05, 3.63) is 62.3 Å². The van der Waals surface area contributed by atoms with Crippen LogP contribution in [0.2, 0.25) is 0 Å². The summed E-state index contributed by atoms with van der Waals surface area (Å²) in [6.45, 7) is 7.46. The average molecular weight is 435 g/mol. The Morgan fingerprint density at radius 2 is 1.72 bits per heavy atom. The third-order valence-corrected chi connectivity index (χ3v) is 6.12. The van der Waals surface area contributed by atoms with E-state index < -0.39 is 17.0 Å². The topological polar surface area (TPSA) is 90.3 Å². The highest BCUT2D eigenvalue weighted by molar-refractivity contribution is 8.23. The van der Waals surface area contributed by atoms with Crippen LogP contribution in [0.1, 0.15) is 36.7 Å². The highest BCUT2D eigenvalue weighted by atomic mass is 32.2. The van der Waals surface area contributed by atoms with Crippen molar-refractivity contribution >= 4 is 39.9 Å². The van der Waals surface area contributed by atoms with E-state index in [1.807, 2.05) is 49.1 Å². The van der Waals surface area contributed by atoms with Crippen LogP contribution in [0, 0.1) is 0 Å². The van der Waals surface area contributed by atoms with Gasteiger partial charge in [-0.2, -0.15) is 0 Å². The van der Waals surface area contributed by atoms with Crippen LogP contribution < -0.4 is 17.0 Å². The molecule has 2 N–H and O–H groups in total. The van der Waals surface area contributed by atoms with E-state index in [-0.39, 0.29) is 30.2 Å². The van der Waals surface area contributed by atoms with Crippen molar-refractivity contribution in [2.45, 2.75) is 33.9 Å². The lowest BCUT2D eigenvalue weighted by molar-refractivity contribution is 0.102. The van der Waals surface area contributed by atoms with Gasteiger partial charge >= 0.3 is 5.69 Å². The Bertz CT molecular complexity index is 995. The van der Waals surface area contributed by atoms with Crippen molar-refractivity contribution in [1.29, 1.82) is 0 Å². The number of thioether (sulfide) groups is 1. The number of benzene rings is 1. The molecule has 0 atom stereocenters. The normalized spacial score (nSPS) is 10.7. The molecule has 9 heteroatoms. The summed E-state index contributed by atoms with van der Waals surface area (Å²) in [7, 11) is 0. The highest BCUT2D eigenvalue weighted by Gasteiger charge is 2.23. The van der Waals surface area contributed by atoms with Gasteiger partial charge in [0.25, 0.3) is 5.56 Å². The molecule has 1 heterocycles. The molecule has 29 heavy (non-hydrogen) atoms. The van der Waals surface area contributed by atoms with Gasteiger partial charge in [-0.1, -0.05) is 54.3 Å². The molecule has 7 nitrogen and oxygen atoms in total.